The van der Waals surface area contributed by atoms with Crippen molar-refractivity contribution in [1.29, 1.82) is 0 Å². The minimum atomic E-state index is -1.28. The van der Waals surface area contributed by atoms with E-state index in [1.807, 2.05) is 62.5 Å². The summed E-state index contributed by atoms with van der Waals surface area (Å²) in [5.41, 5.74) is 0.112. The monoisotopic (exact) mass is 301 g/mol. The summed E-state index contributed by atoms with van der Waals surface area (Å²) in [6.45, 7) is 1.93. The van der Waals surface area contributed by atoms with Gasteiger partial charge in [0.1, 0.15) is 17.1 Å². The molecule has 0 aromatic heterocycles. The SMILES string of the molecule is CNC(C)C(O)(c1ccccc1OC)c1ccccc1OC. The number of likely N-dealkylation sites (N-methyl/N-ethyl adjacent to an activating group) is 1. The molecule has 2 aromatic carbocycles. The number of aliphatic hydroxyl groups is 1. The van der Waals surface area contributed by atoms with Crippen molar-refractivity contribution in [2.75, 3.05) is 21.3 Å². The van der Waals surface area contributed by atoms with Crippen LogP contribution in [0, 0.1) is 0 Å². The Morgan fingerprint density at radius 3 is 1.68 bits per heavy atom. The highest BCUT2D eigenvalue weighted by Crippen LogP contribution is 2.41. The summed E-state index contributed by atoms with van der Waals surface area (Å²) in [5, 5.41) is 14.8. The van der Waals surface area contributed by atoms with Gasteiger partial charge in [-0.3, -0.25) is 0 Å². The molecule has 2 N–H and O–H groups in total. The topological polar surface area (TPSA) is 50.7 Å². The highest BCUT2D eigenvalue weighted by atomic mass is 16.5. The second-order valence-corrected chi connectivity index (χ2v) is 5.18. The van der Waals surface area contributed by atoms with E-state index in [0.717, 1.165) is 0 Å². The van der Waals surface area contributed by atoms with E-state index in [1.165, 1.54) is 0 Å². The average Bonchev–Trinajstić information content (AvgIpc) is 2.60. The summed E-state index contributed by atoms with van der Waals surface area (Å²) in [6, 6.07) is 14.7. The molecule has 0 saturated carbocycles. The van der Waals surface area contributed by atoms with Crippen molar-refractivity contribution >= 4 is 0 Å². The molecule has 0 fully saturated rings. The van der Waals surface area contributed by atoms with Gasteiger partial charge in [0, 0.05) is 17.2 Å². The quantitative estimate of drug-likeness (QED) is 0.861. The lowest BCUT2D eigenvalue weighted by molar-refractivity contribution is 0.0419. The molecular weight excluding hydrogens is 278 g/mol. The maximum Gasteiger partial charge on any atom is 0.137 e. The molecule has 0 bridgehead atoms. The molecule has 0 amide bonds. The van der Waals surface area contributed by atoms with Crippen LogP contribution in [0.5, 0.6) is 11.5 Å². The van der Waals surface area contributed by atoms with Crippen molar-refractivity contribution in [3.8, 4) is 11.5 Å². The van der Waals surface area contributed by atoms with Gasteiger partial charge in [-0.15, -0.1) is 0 Å². The summed E-state index contributed by atoms with van der Waals surface area (Å²) in [4.78, 5) is 0. The molecule has 0 saturated heterocycles. The van der Waals surface area contributed by atoms with Gasteiger partial charge in [-0.25, -0.2) is 0 Å². The van der Waals surface area contributed by atoms with Crippen LogP contribution in [0.2, 0.25) is 0 Å². The second-order valence-electron chi connectivity index (χ2n) is 5.18. The Hall–Kier alpha value is -2.04. The van der Waals surface area contributed by atoms with Crippen molar-refractivity contribution in [3.63, 3.8) is 0 Å². The second kappa shape index (κ2) is 6.81. The number of hydrogen-bond acceptors (Lipinski definition) is 4. The number of nitrogens with one attached hydrogen (secondary N) is 1. The average molecular weight is 301 g/mol. The standard InChI is InChI=1S/C18H23NO3/c1-13(19-2)18(20,14-9-5-7-11-16(14)21-3)15-10-6-8-12-17(15)22-4/h5-13,19-20H,1-4H3. The van der Waals surface area contributed by atoms with Crippen LogP contribution in [-0.4, -0.2) is 32.4 Å². The van der Waals surface area contributed by atoms with Gasteiger partial charge in [-0.1, -0.05) is 36.4 Å². The third-order valence-electron chi connectivity index (χ3n) is 4.09. The molecule has 4 heteroatoms. The van der Waals surface area contributed by atoms with Crippen LogP contribution in [0.4, 0.5) is 0 Å². The Morgan fingerprint density at radius 1 is 0.909 bits per heavy atom. The molecule has 118 valence electrons. The first kappa shape index (κ1) is 16.3. The molecular formula is C18H23NO3. The van der Waals surface area contributed by atoms with Crippen LogP contribution in [0.1, 0.15) is 18.1 Å². The fourth-order valence-electron chi connectivity index (χ4n) is 2.74. The van der Waals surface area contributed by atoms with E-state index in [2.05, 4.69) is 5.32 Å². The van der Waals surface area contributed by atoms with Gasteiger partial charge >= 0.3 is 0 Å². The van der Waals surface area contributed by atoms with Gasteiger partial charge in [0.2, 0.25) is 0 Å². The zero-order valence-corrected chi connectivity index (χ0v) is 13.5. The van der Waals surface area contributed by atoms with E-state index in [-0.39, 0.29) is 6.04 Å². The lowest BCUT2D eigenvalue weighted by Gasteiger charge is -2.36. The Balaban J connectivity index is 2.73. The fraction of sp³-hybridized carbons (Fsp3) is 0.333. The van der Waals surface area contributed by atoms with Crippen molar-refractivity contribution in [2.24, 2.45) is 0 Å². The van der Waals surface area contributed by atoms with E-state index in [4.69, 9.17) is 9.47 Å². The number of ether oxygens (including phenoxy) is 2. The Kier molecular flexibility index (Phi) is 5.06. The molecule has 0 aliphatic rings. The van der Waals surface area contributed by atoms with Gasteiger partial charge in [0.15, 0.2) is 0 Å². The van der Waals surface area contributed by atoms with Gasteiger partial charge in [0.05, 0.1) is 14.2 Å². The molecule has 1 unspecified atom stereocenters. The van der Waals surface area contributed by atoms with Crippen molar-refractivity contribution in [3.05, 3.63) is 59.7 Å². The zero-order valence-electron chi connectivity index (χ0n) is 13.5. The van der Waals surface area contributed by atoms with Gasteiger partial charge in [-0.2, -0.15) is 0 Å². The molecule has 4 nitrogen and oxygen atoms in total. The number of para-hydroxylation sites is 2. The van der Waals surface area contributed by atoms with Crippen LogP contribution in [0.3, 0.4) is 0 Å². The summed E-state index contributed by atoms with van der Waals surface area (Å²) >= 11 is 0. The van der Waals surface area contributed by atoms with E-state index >= 15 is 0 Å². The predicted octanol–water partition coefficient (Wildman–Crippen LogP) is 2.55. The van der Waals surface area contributed by atoms with Crippen LogP contribution < -0.4 is 14.8 Å². The summed E-state index contributed by atoms with van der Waals surface area (Å²) in [7, 11) is 5.03. The first-order chi connectivity index (χ1) is 10.6. The third kappa shape index (κ3) is 2.67. The number of rotatable bonds is 6. The van der Waals surface area contributed by atoms with Crippen molar-refractivity contribution in [1.82, 2.24) is 5.32 Å². The summed E-state index contributed by atoms with van der Waals surface area (Å²) in [6.07, 6.45) is 0. The largest absolute Gasteiger partial charge is 0.496 e. The lowest BCUT2D eigenvalue weighted by atomic mass is 9.80. The molecule has 1 atom stereocenters. The van der Waals surface area contributed by atoms with Crippen molar-refractivity contribution in [2.45, 2.75) is 18.6 Å². The Labute approximate surface area is 131 Å². The van der Waals surface area contributed by atoms with E-state index in [0.29, 0.717) is 22.6 Å². The van der Waals surface area contributed by atoms with Gasteiger partial charge < -0.3 is 19.9 Å². The van der Waals surface area contributed by atoms with E-state index in [9.17, 15) is 5.11 Å². The van der Waals surface area contributed by atoms with E-state index < -0.39 is 5.60 Å². The van der Waals surface area contributed by atoms with Gasteiger partial charge in [0.25, 0.3) is 0 Å². The van der Waals surface area contributed by atoms with E-state index in [1.54, 1.807) is 14.2 Å². The Morgan fingerprint density at radius 2 is 1.32 bits per heavy atom. The minimum absolute atomic E-state index is 0.250. The lowest BCUT2D eigenvalue weighted by Crippen LogP contribution is -2.46. The molecule has 22 heavy (non-hydrogen) atoms. The number of benzene rings is 2. The molecule has 0 aliphatic carbocycles. The minimum Gasteiger partial charge on any atom is -0.496 e. The maximum atomic E-state index is 11.6. The smallest absolute Gasteiger partial charge is 0.137 e. The first-order valence-corrected chi connectivity index (χ1v) is 7.26. The van der Waals surface area contributed by atoms with Crippen LogP contribution >= 0.6 is 0 Å². The van der Waals surface area contributed by atoms with Crippen LogP contribution in [-0.2, 0) is 5.60 Å². The Bertz CT molecular complexity index is 580. The molecule has 0 heterocycles. The highest BCUT2D eigenvalue weighted by molar-refractivity contribution is 5.50. The van der Waals surface area contributed by atoms with Crippen LogP contribution in [0.15, 0.2) is 48.5 Å². The van der Waals surface area contributed by atoms with Crippen molar-refractivity contribution < 1.29 is 14.6 Å². The van der Waals surface area contributed by atoms with Gasteiger partial charge in [-0.05, 0) is 26.1 Å². The predicted molar refractivity (Wildman–Crippen MR) is 87.5 cm³/mol. The normalized spacial score (nSPS) is 12.8. The number of methoxy groups -OCH3 is 2. The number of hydrogen-bond donors (Lipinski definition) is 2. The first-order valence-electron chi connectivity index (χ1n) is 7.26. The zero-order chi connectivity index (χ0) is 16.2. The highest BCUT2D eigenvalue weighted by Gasteiger charge is 2.41. The maximum absolute atomic E-state index is 11.6. The summed E-state index contributed by atoms with van der Waals surface area (Å²) < 4.78 is 10.9. The van der Waals surface area contributed by atoms with Crippen LogP contribution in [0.25, 0.3) is 0 Å². The third-order valence-corrected chi connectivity index (χ3v) is 4.09. The molecule has 0 spiro atoms. The molecule has 2 aromatic rings. The summed E-state index contributed by atoms with van der Waals surface area (Å²) in [5.74, 6) is 1.27. The fourth-order valence-corrected chi connectivity index (χ4v) is 2.74. The molecule has 0 radical (unpaired) electrons. The molecule has 0 aliphatic heterocycles. The molecule has 2 rings (SSSR count).